The highest BCUT2D eigenvalue weighted by molar-refractivity contribution is 6.09. The maximum Gasteiger partial charge on any atom is 0.309 e. The molecular weight excluding hydrogens is 368 g/mol. The Morgan fingerprint density at radius 1 is 1.14 bits per heavy atom. The Labute approximate surface area is 162 Å². The minimum atomic E-state index is -1.42. The fourth-order valence-electron chi connectivity index (χ4n) is 4.88. The molecule has 0 aromatic heterocycles. The van der Waals surface area contributed by atoms with Crippen molar-refractivity contribution in [1.82, 2.24) is 0 Å². The summed E-state index contributed by atoms with van der Waals surface area (Å²) in [6, 6.07) is 0. The highest BCUT2D eigenvalue weighted by Crippen LogP contribution is 2.48. The Bertz CT molecular complexity index is 755. The van der Waals surface area contributed by atoms with Gasteiger partial charge in [0.25, 0.3) is 0 Å². The molecule has 0 amide bonds. The van der Waals surface area contributed by atoms with Crippen molar-refractivity contribution in [3.63, 3.8) is 0 Å². The van der Waals surface area contributed by atoms with Gasteiger partial charge in [-0.1, -0.05) is 12.5 Å². The van der Waals surface area contributed by atoms with E-state index in [1.54, 1.807) is 6.08 Å². The second kappa shape index (κ2) is 7.03. The van der Waals surface area contributed by atoms with Crippen molar-refractivity contribution in [2.24, 2.45) is 17.8 Å². The molecule has 2 aliphatic heterocycles. The topological polar surface area (TPSA) is 123 Å². The standard InChI is InChI=1S/C20H26O8/c1-7-4-11(21)15-9(3)13(27-20-17(24)16(23)12(22)6-26-20)5-10-8(2)19(25)28-18(10)14(7)15/h4,8,10,12-14,16-18,20,22-24H,5-6H2,1-3H3/t8-,10-,12+,13+,14-,16-,17+,18-,20-/m0/s1. The third kappa shape index (κ3) is 2.95. The van der Waals surface area contributed by atoms with Crippen LogP contribution in [0.5, 0.6) is 0 Å². The molecule has 2 saturated heterocycles. The first-order valence-electron chi connectivity index (χ1n) is 9.65. The van der Waals surface area contributed by atoms with E-state index in [0.717, 1.165) is 11.1 Å². The van der Waals surface area contributed by atoms with E-state index in [-0.39, 0.29) is 36.1 Å². The number of esters is 1. The molecule has 8 nitrogen and oxygen atoms in total. The molecule has 0 bridgehead atoms. The van der Waals surface area contributed by atoms with Crippen LogP contribution >= 0.6 is 0 Å². The minimum absolute atomic E-state index is 0.120. The molecule has 2 aliphatic carbocycles. The van der Waals surface area contributed by atoms with Crippen molar-refractivity contribution in [1.29, 1.82) is 0 Å². The number of carbonyl (C=O) groups excluding carboxylic acids is 2. The number of allylic oxidation sites excluding steroid dienone is 1. The van der Waals surface area contributed by atoms with Gasteiger partial charge in [-0.3, -0.25) is 9.59 Å². The van der Waals surface area contributed by atoms with Crippen LogP contribution in [-0.2, 0) is 23.8 Å². The van der Waals surface area contributed by atoms with E-state index in [1.807, 2.05) is 20.8 Å². The molecule has 0 unspecified atom stereocenters. The van der Waals surface area contributed by atoms with Crippen LogP contribution in [0.25, 0.3) is 0 Å². The number of rotatable bonds is 2. The predicted molar refractivity (Wildman–Crippen MR) is 94.7 cm³/mol. The number of ether oxygens (including phenoxy) is 3. The lowest BCUT2D eigenvalue weighted by Crippen LogP contribution is -2.54. The van der Waals surface area contributed by atoms with Crippen molar-refractivity contribution >= 4 is 11.8 Å². The summed E-state index contributed by atoms with van der Waals surface area (Å²) in [4.78, 5) is 24.9. The van der Waals surface area contributed by atoms with Crippen molar-refractivity contribution in [2.45, 2.75) is 64.0 Å². The highest BCUT2D eigenvalue weighted by atomic mass is 16.7. The van der Waals surface area contributed by atoms with Crippen LogP contribution in [0, 0.1) is 17.8 Å². The summed E-state index contributed by atoms with van der Waals surface area (Å²) < 4.78 is 17.0. The second-order valence-electron chi connectivity index (χ2n) is 8.29. The number of hydrogen-bond acceptors (Lipinski definition) is 8. The normalized spacial score (nSPS) is 46.1. The van der Waals surface area contributed by atoms with E-state index >= 15 is 0 Å². The summed E-state index contributed by atoms with van der Waals surface area (Å²) >= 11 is 0. The molecular formula is C20H26O8. The number of carbonyl (C=O) groups is 2. The molecule has 0 saturated carbocycles. The Kier molecular flexibility index (Phi) is 4.96. The lowest BCUT2D eigenvalue weighted by molar-refractivity contribution is -0.280. The number of hydrogen-bond donors (Lipinski definition) is 3. The van der Waals surface area contributed by atoms with Crippen molar-refractivity contribution in [3.05, 3.63) is 22.8 Å². The Hall–Kier alpha value is -1.58. The predicted octanol–water partition coefficient (Wildman–Crippen LogP) is -0.146. The zero-order valence-electron chi connectivity index (χ0n) is 16.1. The SMILES string of the molecule is CC1=CC(=O)C2=C(C)[C@H](O[C@@H]3OC[C@@H](O)[C@H](O)[C@H]3O)C[C@@H]3[C@H](OC(=O)[C@H]3C)[C@@H]12. The Balaban J connectivity index is 1.67. The van der Waals surface area contributed by atoms with Gasteiger partial charge in [0.15, 0.2) is 12.1 Å². The second-order valence-corrected chi connectivity index (χ2v) is 8.29. The van der Waals surface area contributed by atoms with Crippen molar-refractivity contribution in [2.75, 3.05) is 6.61 Å². The van der Waals surface area contributed by atoms with E-state index in [1.165, 1.54) is 0 Å². The maximum absolute atomic E-state index is 12.6. The van der Waals surface area contributed by atoms with E-state index < -0.39 is 36.8 Å². The van der Waals surface area contributed by atoms with Gasteiger partial charge in [0, 0.05) is 17.4 Å². The molecule has 4 rings (SSSR count). The molecule has 3 N–H and O–H groups in total. The smallest absolute Gasteiger partial charge is 0.309 e. The van der Waals surface area contributed by atoms with Crippen LogP contribution in [0.3, 0.4) is 0 Å². The molecule has 4 aliphatic rings. The van der Waals surface area contributed by atoms with Gasteiger partial charge in [0.05, 0.1) is 18.6 Å². The van der Waals surface area contributed by atoms with Crippen LogP contribution in [0.4, 0.5) is 0 Å². The molecule has 9 atom stereocenters. The van der Waals surface area contributed by atoms with Gasteiger partial charge in [0.1, 0.15) is 24.4 Å². The van der Waals surface area contributed by atoms with Crippen LogP contribution < -0.4 is 0 Å². The molecule has 2 fully saturated rings. The lowest BCUT2D eigenvalue weighted by atomic mass is 9.81. The van der Waals surface area contributed by atoms with Crippen molar-refractivity contribution in [3.8, 4) is 0 Å². The minimum Gasteiger partial charge on any atom is -0.461 e. The Morgan fingerprint density at radius 2 is 1.86 bits per heavy atom. The largest absolute Gasteiger partial charge is 0.461 e. The maximum atomic E-state index is 12.6. The summed E-state index contributed by atoms with van der Waals surface area (Å²) in [6.45, 7) is 5.32. The fraction of sp³-hybridized carbons (Fsp3) is 0.700. The first-order chi connectivity index (χ1) is 13.2. The molecule has 0 radical (unpaired) electrons. The van der Waals surface area contributed by atoms with E-state index in [9.17, 15) is 24.9 Å². The number of ketones is 1. The fourth-order valence-corrected chi connectivity index (χ4v) is 4.88. The van der Waals surface area contributed by atoms with E-state index in [0.29, 0.717) is 12.0 Å². The van der Waals surface area contributed by atoms with Gasteiger partial charge in [-0.25, -0.2) is 0 Å². The zero-order chi connectivity index (χ0) is 20.3. The van der Waals surface area contributed by atoms with Gasteiger partial charge in [-0.15, -0.1) is 0 Å². The molecule has 0 aromatic rings. The lowest BCUT2D eigenvalue weighted by Gasteiger charge is -2.37. The highest BCUT2D eigenvalue weighted by Gasteiger charge is 2.53. The van der Waals surface area contributed by atoms with Crippen LogP contribution in [0.2, 0.25) is 0 Å². The van der Waals surface area contributed by atoms with Gasteiger partial charge in [0.2, 0.25) is 0 Å². The summed E-state index contributed by atoms with van der Waals surface area (Å²) in [5.74, 6) is -1.18. The average molecular weight is 394 g/mol. The summed E-state index contributed by atoms with van der Waals surface area (Å²) in [7, 11) is 0. The average Bonchev–Trinajstić information content (AvgIpc) is 3.05. The third-order valence-electron chi connectivity index (χ3n) is 6.59. The summed E-state index contributed by atoms with van der Waals surface area (Å²) in [5.41, 5.74) is 2.16. The summed E-state index contributed by atoms with van der Waals surface area (Å²) in [5, 5.41) is 29.8. The first-order valence-corrected chi connectivity index (χ1v) is 9.65. The van der Waals surface area contributed by atoms with E-state index in [4.69, 9.17) is 14.2 Å². The molecule has 2 heterocycles. The molecule has 0 aromatic carbocycles. The van der Waals surface area contributed by atoms with Gasteiger partial charge < -0.3 is 29.5 Å². The molecule has 28 heavy (non-hydrogen) atoms. The van der Waals surface area contributed by atoms with Gasteiger partial charge in [-0.2, -0.15) is 0 Å². The molecule has 0 spiro atoms. The number of aliphatic hydroxyl groups excluding tert-OH is 3. The molecule has 8 heteroatoms. The quantitative estimate of drug-likeness (QED) is 0.553. The van der Waals surface area contributed by atoms with Gasteiger partial charge in [-0.05, 0) is 31.9 Å². The van der Waals surface area contributed by atoms with Gasteiger partial charge >= 0.3 is 5.97 Å². The summed E-state index contributed by atoms with van der Waals surface area (Å²) in [6.07, 6.45) is -4.15. The van der Waals surface area contributed by atoms with E-state index in [2.05, 4.69) is 0 Å². The number of fused-ring (bicyclic) bond motifs is 3. The number of aliphatic hydroxyl groups is 3. The van der Waals surface area contributed by atoms with Crippen LogP contribution in [0.15, 0.2) is 22.8 Å². The zero-order valence-corrected chi connectivity index (χ0v) is 16.1. The monoisotopic (exact) mass is 394 g/mol. The Morgan fingerprint density at radius 3 is 2.57 bits per heavy atom. The van der Waals surface area contributed by atoms with Crippen LogP contribution in [0.1, 0.15) is 27.2 Å². The molecule has 154 valence electrons. The van der Waals surface area contributed by atoms with Crippen molar-refractivity contribution < 1.29 is 39.1 Å². The third-order valence-corrected chi connectivity index (χ3v) is 6.59. The van der Waals surface area contributed by atoms with Crippen LogP contribution in [-0.4, -0.2) is 70.5 Å². The first kappa shape index (κ1) is 19.7.